The predicted molar refractivity (Wildman–Crippen MR) is 68.6 cm³/mol. The van der Waals surface area contributed by atoms with Crippen molar-refractivity contribution in [2.24, 2.45) is 0 Å². The molecule has 2 rings (SSSR count). The van der Waals surface area contributed by atoms with Gasteiger partial charge in [-0.3, -0.25) is 0 Å². The number of aromatic nitrogens is 1. The third-order valence-electron chi connectivity index (χ3n) is 2.94. The molecule has 1 unspecified atom stereocenters. The molecule has 2 N–H and O–H groups in total. The van der Waals surface area contributed by atoms with Crippen molar-refractivity contribution in [1.82, 2.24) is 0 Å². The van der Waals surface area contributed by atoms with Crippen LogP contribution in [0.4, 0.5) is 0 Å². The number of hydrogen-bond donors (Lipinski definition) is 1. The quantitative estimate of drug-likeness (QED) is 0.779. The Bertz CT molecular complexity index is 425. The van der Waals surface area contributed by atoms with Gasteiger partial charge in [-0.25, -0.2) is 4.98 Å². The maximum absolute atomic E-state index is 3.27. The molecule has 2 heteroatoms. The smallest absolute Gasteiger partial charge is 0.185 e. The molecule has 0 saturated heterocycles. The number of pyridine rings is 1. The van der Waals surface area contributed by atoms with Gasteiger partial charge in [0.15, 0.2) is 11.9 Å². The summed E-state index contributed by atoms with van der Waals surface area (Å²) in [7, 11) is 2.25. The molecule has 0 fully saturated rings. The number of quaternary nitrogens is 1. The molecule has 0 saturated carbocycles. The van der Waals surface area contributed by atoms with Gasteiger partial charge in [0.25, 0.3) is 0 Å². The highest BCUT2D eigenvalue weighted by Gasteiger charge is 2.06. The standard InChI is InChI=1S/C15H18N2/c1-17(13-14-7-3-2-4-8-14)12-10-15-9-5-6-11-16-15/h2-9,11H,10,12-13H2,1H3/p+2. The first kappa shape index (κ1) is 11.8. The Kier molecular flexibility index (Phi) is 4.28. The van der Waals surface area contributed by atoms with E-state index in [0.29, 0.717) is 0 Å². The van der Waals surface area contributed by atoms with E-state index in [1.807, 2.05) is 12.3 Å². The predicted octanol–water partition coefficient (Wildman–Crippen LogP) is 0.758. The number of hydrogen-bond acceptors (Lipinski definition) is 0. The topological polar surface area (TPSA) is 18.6 Å². The van der Waals surface area contributed by atoms with E-state index in [1.54, 1.807) is 0 Å². The summed E-state index contributed by atoms with van der Waals surface area (Å²) in [6, 6.07) is 16.9. The maximum atomic E-state index is 3.27. The highest BCUT2D eigenvalue weighted by atomic mass is 15.1. The van der Waals surface area contributed by atoms with E-state index < -0.39 is 0 Å². The van der Waals surface area contributed by atoms with Gasteiger partial charge in [-0.1, -0.05) is 36.4 Å². The second-order valence-corrected chi connectivity index (χ2v) is 4.51. The Morgan fingerprint density at radius 3 is 2.47 bits per heavy atom. The summed E-state index contributed by atoms with van der Waals surface area (Å²) in [5.74, 6) is 0. The second-order valence-electron chi connectivity index (χ2n) is 4.51. The molecule has 1 atom stereocenters. The number of aromatic amines is 1. The van der Waals surface area contributed by atoms with Crippen LogP contribution in [-0.2, 0) is 13.0 Å². The molecule has 2 aromatic rings. The summed E-state index contributed by atoms with van der Waals surface area (Å²) < 4.78 is 0. The minimum atomic E-state index is 1.09. The van der Waals surface area contributed by atoms with Crippen LogP contribution in [0.2, 0.25) is 0 Å². The number of nitrogens with one attached hydrogen (secondary N) is 2. The summed E-state index contributed by atoms with van der Waals surface area (Å²) in [5, 5.41) is 0. The molecule has 2 nitrogen and oxygen atoms in total. The molecule has 0 aliphatic heterocycles. The molecule has 0 amide bonds. The van der Waals surface area contributed by atoms with Crippen molar-refractivity contribution in [2.75, 3.05) is 13.6 Å². The van der Waals surface area contributed by atoms with Crippen LogP contribution in [0.3, 0.4) is 0 Å². The monoisotopic (exact) mass is 228 g/mol. The lowest BCUT2D eigenvalue weighted by atomic mass is 10.2. The Balaban J connectivity index is 1.80. The zero-order chi connectivity index (χ0) is 11.9. The number of H-pyrrole nitrogens is 1. The van der Waals surface area contributed by atoms with Crippen molar-refractivity contribution < 1.29 is 9.88 Å². The average Bonchev–Trinajstić information content (AvgIpc) is 2.39. The van der Waals surface area contributed by atoms with Crippen LogP contribution in [0.15, 0.2) is 54.7 Å². The fourth-order valence-corrected chi connectivity index (χ4v) is 1.97. The van der Waals surface area contributed by atoms with Crippen LogP contribution in [0, 0.1) is 0 Å². The third kappa shape index (κ3) is 4.00. The van der Waals surface area contributed by atoms with Crippen molar-refractivity contribution in [2.45, 2.75) is 13.0 Å². The van der Waals surface area contributed by atoms with E-state index in [0.717, 1.165) is 19.5 Å². The Labute approximate surface area is 103 Å². The van der Waals surface area contributed by atoms with Gasteiger partial charge in [0.2, 0.25) is 0 Å². The highest BCUT2D eigenvalue weighted by Crippen LogP contribution is 1.95. The van der Waals surface area contributed by atoms with Gasteiger partial charge in [0.05, 0.1) is 20.0 Å². The Hall–Kier alpha value is -1.67. The summed E-state index contributed by atoms with van der Waals surface area (Å²) in [4.78, 5) is 4.81. The molecule has 0 aliphatic carbocycles. The van der Waals surface area contributed by atoms with E-state index >= 15 is 0 Å². The molecular formula is C15H20N2+2. The molecule has 17 heavy (non-hydrogen) atoms. The summed E-state index contributed by atoms with van der Waals surface area (Å²) >= 11 is 0. The Morgan fingerprint density at radius 2 is 1.76 bits per heavy atom. The zero-order valence-corrected chi connectivity index (χ0v) is 10.3. The van der Waals surface area contributed by atoms with Crippen LogP contribution in [-0.4, -0.2) is 13.6 Å². The fourth-order valence-electron chi connectivity index (χ4n) is 1.97. The highest BCUT2D eigenvalue weighted by molar-refractivity contribution is 5.13. The third-order valence-corrected chi connectivity index (χ3v) is 2.94. The molecule has 1 heterocycles. The fraction of sp³-hybridized carbons (Fsp3) is 0.267. The first-order valence-electron chi connectivity index (χ1n) is 6.15. The van der Waals surface area contributed by atoms with E-state index in [-0.39, 0.29) is 0 Å². The van der Waals surface area contributed by atoms with Crippen molar-refractivity contribution in [3.8, 4) is 0 Å². The van der Waals surface area contributed by atoms with Gasteiger partial charge in [-0.15, -0.1) is 0 Å². The van der Waals surface area contributed by atoms with Crippen LogP contribution < -0.4 is 9.88 Å². The lowest BCUT2D eigenvalue weighted by Gasteiger charge is -2.12. The molecule has 0 radical (unpaired) electrons. The van der Waals surface area contributed by atoms with Crippen molar-refractivity contribution >= 4 is 0 Å². The lowest BCUT2D eigenvalue weighted by molar-refractivity contribution is -0.893. The minimum Gasteiger partial charge on any atom is -0.333 e. The van der Waals surface area contributed by atoms with Crippen LogP contribution in [0.5, 0.6) is 0 Å². The molecule has 0 spiro atoms. The van der Waals surface area contributed by atoms with E-state index in [1.165, 1.54) is 16.2 Å². The maximum Gasteiger partial charge on any atom is 0.185 e. The largest absolute Gasteiger partial charge is 0.333 e. The normalized spacial score (nSPS) is 12.3. The average molecular weight is 228 g/mol. The van der Waals surface area contributed by atoms with Gasteiger partial charge in [0.1, 0.15) is 6.54 Å². The first-order valence-corrected chi connectivity index (χ1v) is 6.15. The van der Waals surface area contributed by atoms with E-state index in [4.69, 9.17) is 0 Å². The zero-order valence-electron chi connectivity index (χ0n) is 10.3. The van der Waals surface area contributed by atoms with Crippen molar-refractivity contribution in [3.63, 3.8) is 0 Å². The number of likely N-dealkylation sites (N-methyl/N-ethyl adjacent to an activating group) is 1. The summed E-state index contributed by atoms with van der Waals surface area (Å²) in [5.41, 5.74) is 2.71. The number of benzene rings is 1. The van der Waals surface area contributed by atoms with Gasteiger partial charge in [0, 0.05) is 17.7 Å². The molecular weight excluding hydrogens is 208 g/mol. The van der Waals surface area contributed by atoms with E-state index in [2.05, 4.69) is 54.5 Å². The van der Waals surface area contributed by atoms with Crippen LogP contribution in [0.1, 0.15) is 11.3 Å². The second kappa shape index (κ2) is 6.16. The van der Waals surface area contributed by atoms with Gasteiger partial charge >= 0.3 is 0 Å². The Morgan fingerprint density at radius 1 is 1.00 bits per heavy atom. The van der Waals surface area contributed by atoms with Crippen LogP contribution >= 0.6 is 0 Å². The lowest BCUT2D eigenvalue weighted by Crippen LogP contribution is -3.07. The summed E-state index contributed by atoms with van der Waals surface area (Å²) in [6.45, 7) is 2.24. The van der Waals surface area contributed by atoms with E-state index in [9.17, 15) is 0 Å². The minimum absolute atomic E-state index is 1.09. The SMILES string of the molecule is C[NH+](CCc1cccc[nH+]1)Cc1ccccc1. The molecule has 88 valence electrons. The van der Waals surface area contributed by atoms with Gasteiger partial charge in [-0.05, 0) is 0 Å². The summed E-state index contributed by atoms with van der Waals surface area (Å²) in [6.07, 6.45) is 3.08. The molecule has 1 aromatic carbocycles. The van der Waals surface area contributed by atoms with Crippen molar-refractivity contribution in [3.05, 3.63) is 66.0 Å². The van der Waals surface area contributed by atoms with Crippen LogP contribution in [0.25, 0.3) is 0 Å². The van der Waals surface area contributed by atoms with Gasteiger partial charge in [-0.2, -0.15) is 0 Å². The van der Waals surface area contributed by atoms with Gasteiger partial charge < -0.3 is 4.90 Å². The molecule has 1 aromatic heterocycles. The first-order chi connectivity index (χ1) is 8.34. The molecule has 0 aliphatic rings. The number of rotatable bonds is 5. The van der Waals surface area contributed by atoms with Crippen molar-refractivity contribution in [1.29, 1.82) is 0 Å². The molecule has 0 bridgehead atoms.